The largest absolute Gasteiger partial charge is 0.383 e. The molecule has 0 spiro atoms. The van der Waals surface area contributed by atoms with Gasteiger partial charge in [0.05, 0.1) is 0 Å². The van der Waals surface area contributed by atoms with Crippen LogP contribution in [0.25, 0.3) is 11.5 Å². The molecule has 0 bridgehead atoms. The lowest BCUT2D eigenvalue weighted by molar-refractivity contribution is 0.999. The predicted molar refractivity (Wildman–Crippen MR) is 60.1 cm³/mol. The minimum atomic E-state index is 0.328. The number of aromatic nitrogens is 4. The van der Waals surface area contributed by atoms with E-state index in [1.807, 2.05) is 0 Å². The molecule has 0 saturated carbocycles. The zero-order valence-electron chi connectivity index (χ0n) is 8.88. The maximum absolute atomic E-state index is 5.73. The second kappa shape index (κ2) is 4.19. The Bertz CT molecular complexity index is 510. The van der Waals surface area contributed by atoms with Crippen LogP contribution in [0.2, 0.25) is 0 Å². The Morgan fingerprint density at radius 3 is 2.69 bits per heavy atom. The van der Waals surface area contributed by atoms with Crippen molar-refractivity contribution in [1.29, 1.82) is 0 Å². The molecule has 0 aliphatic rings. The van der Waals surface area contributed by atoms with E-state index in [4.69, 9.17) is 11.5 Å². The Hall–Kier alpha value is -2.08. The first-order valence-corrected chi connectivity index (χ1v) is 4.82. The standard InChI is InChI=1S/C10H12N6/c1-6-13-3-2-8(15-6)10-14-5-7(4-11)9(12)16-10/h2-3,5H,4,11H2,1H3,(H2,12,14,16). The maximum Gasteiger partial charge on any atom is 0.180 e. The molecule has 82 valence electrons. The van der Waals surface area contributed by atoms with E-state index in [1.165, 1.54) is 0 Å². The normalized spacial score (nSPS) is 10.4. The van der Waals surface area contributed by atoms with Gasteiger partial charge in [0.1, 0.15) is 17.3 Å². The predicted octanol–water partition coefficient (Wildman–Crippen LogP) is 0.283. The first kappa shape index (κ1) is 10.4. The van der Waals surface area contributed by atoms with Crippen molar-refractivity contribution in [3.8, 4) is 11.5 Å². The van der Waals surface area contributed by atoms with Crippen molar-refractivity contribution in [3.05, 3.63) is 29.8 Å². The molecule has 0 atom stereocenters. The van der Waals surface area contributed by atoms with Gasteiger partial charge in [0, 0.05) is 24.5 Å². The van der Waals surface area contributed by atoms with E-state index in [9.17, 15) is 0 Å². The monoisotopic (exact) mass is 216 g/mol. The van der Waals surface area contributed by atoms with Crippen LogP contribution >= 0.6 is 0 Å². The average molecular weight is 216 g/mol. The van der Waals surface area contributed by atoms with Gasteiger partial charge in [-0.05, 0) is 13.0 Å². The van der Waals surface area contributed by atoms with Gasteiger partial charge in [-0.2, -0.15) is 0 Å². The molecule has 6 heteroatoms. The molecule has 0 aromatic carbocycles. The Labute approximate surface area is 92.8 Å². The molecular weight excluding hydrogens is 204 g/mol. The second-order valence-electron chi connectivity index (χ2n) is 3.30. The summed E-state index contributed by atoms with van der Waals surface area (Å²) in [5.74, 6) is 1.55. The van der Waals surface area contributed by atoms with Crippen LogP contribution in [0.5, 0.6) is 0 Å². The first-order valence-electron chi connectivity index (χ1n) is 4.82. The third-order valence-corrected chi connectivity index (χ3v) is 2.12. The van der Waals surface area contributed by atoms with E-state index in [0.29, 0.717) is 29.7 Å². The maximum atomic E-state index is 5.73. The molecule has 0 unspecified atom stereocenters. The summed E-state index contributed by atoms with van der Waals surface area (Å²) in [5, 5.41) is 0. The van der Waals surface area contributed by atoms with Crippen molar-refractivity contribution in [2.24, 2.45) is 5.73 Å². The van der Waals surface area contributed by atoms with Crippen LogP contribution in [0, 0.1) is 6.92 Å². The van der Waals surface area contributed by atoms with Gasteiger partial charge in [0.2, 0.25) is 0 Å². The van der Waals surface area contributed by atoms with Crippen LogP contribution in [-0.4, -0.2) is 19.9 Å². The zero-order chi connectivity index (χ0) is 11.5. The highest BCUT2D eigenvalue weighted by molar-refractivity contribution is 5.52. The topological polar surface area (TPSA) is 104 Å². The molecule has 4 N–H and O–H groups in total. The number of aryl methyl sites for hydroxylation is 1. The highest BCUT2D eigenvalue weighted by Crippen LogP contribution is 2.14. The Balaban J connectivity index is 2.45. The first-order chi connectivity index (χ1) is 7.70. The van der Waals surface area contributed by atoms with Crippen LogP contribution in [0.15, 0.2) is 18.5 Å². The van der Waals surface area contributed by atoms with Crippen molar-refractivity contribution < 1.29 is 0 Å². The van der Waals surface area contributed by atoms with Gasteiger partial charge in [-0.25, -0.2) is 19.9 Å². The van der Waals surface area contributed by atoms with Crippen molar-refractivity contribution in [2.75, 3.05) is 5.73 Å². The molecule has 0 aliphatic heterocycles. The van der Waals surface area contributed by atoms with Gasteiger partial charge in [-0.15, -0.1) is 0 Å². The number of nitrogens with two attached hydrogens (primary N) is 2. The lowest BCUT2D eigenvalue weighted by atomic mass is 10.3. The van der Waals surface area contributed by atoms with Gasteiger partial charge < -0.3 is 11.5 Å². The van der Waals surface area contributed by atoms with Gasteiger partial charge in [-0.1, -0.05) is 0 Å². The molecule has 2 heterocycles. The fraction of sp³-hybridized carbons (Fsp3) is 0.200. The Morgan fingerprint density at radius 2 is 2.06 bits per heavy atom. The summed E-state index contributed by atoms with van der Waals surface area (Å²) in [6, 6.07) is 1.74. The van der Waals surface area contributed by atoms with E-state index < -0.39 is 0 Å². The molecule has 16 heavy (non-hydrogen) atoms. The third kappa shape index (κ3) is 1.96. The van der Waals surface area contributed by atoms with Crippen molar-refractivity contribution in [1.82, 2.24) is 19.9 Å². The van der Waals surface area contributed by atoms with E-state index in [1.54, 1.807) is 25.4 Å². The summed E-state index contributed by atoms with van der Waals surface area (Å²) in [6.07, 6.45) is 3.28. The molecule has 2 rings (SSSR count). The Kier molecular flexibility index (Phi) is 2.74. The summed E-state index contributed by atoms with van der Waals surface area (Å²) < 4.78 is 0. The molecule has 0 saturated heterocycles. The average Bonchev–Trinajstić information content (AvgIpc) is 2.29. The molecule has 6 nitrogen and oxygen atoms in total. The molecule has 0 fully saturated rings. The molecule has 0 aliphatic carbocycles. The summed E-state index contributed by atoms with van der Waals surface area (Å²) in [5.41, 5.74) is 12.6. The highest BCUT2D eigenvalue weighted by atomic mass is 15.0. The summed E-state index contributed by atoms with van der Waals surface area (Å²) in [6.45, 7) is 2.13. The molecule has 2 aromatic rings. The number of nitrogen functional groups attached to an aromatic ring is 1. The van der Waals surface area contributed by atoms with Crippen molar-refractivity contribution >= 4 is 5.82 Å². The Morgan fingerprint density at radius 1 is 1.25 bits per heavy atom. The van der Waals surface area contributed by atoms with Crippen LogP contribution in [0.3, 0.4) is 0 Å². The fourth-order valence-corrected chi connectivity index (χ4v) is 1.28. The molecular formula is C10H12N6. The van der Waals surface area contributed by atoms with E-state index >= 15 is 0 Å². The van der Waals surface area contributed by atoms with Gasteiger partial charge in [0.25, 0.3) is 0 Å². The van der Waals surface area contributed by atoms with Gasteiger partial charge in [0.15, 0.2) is 5.82 Å². The van der Waals surface area contributed by atoms with Crippen LogP contribution in [0.4, 0.5) is 5.82 Å². The minimum Gasteiger partial charge on any atom is -0.383 e. The quantitative estimate of drug-likeness (QED) is 0.747. The van der Waals surface area contributed by atoms with Crippen molar-refractivity contribution in [2.45, 2.75) is 13.5 Å². The smallest absolute Gasteiger partial charge is 0.180 e. The van der Waals surface area contributed by atoms with Crippen LogP contribution in [-0.2, 0) is 6.54 Å². The lowest BCUT2D eigenvalue weighted by Crippen LogP contribution is -2.06. The highest BCUT2D eigenvalue weighted by Gasteiger charge is 2.06. The second-order valence-corrected chi connectivity index (χ2v) is 3.30. The molecule has 2 aromatic heterocycles. The third-order valence-electron chi connectivity index (χ3n) is 2.12. The van der Waals surface area contributed by atoms with E-state index in [0.717, 1.165) is 5.56 Å². The number of anilines is 1. The number of hydrogen-bond acceptors (Lipinski definition) is 6. The minimum absolute atomic E-state index is 0.328. The van der Waals surface area contributed by atoms with E-state index in [2.05, 4.69) is 19.9 Å². The number of nitrogens with zero attached hydrogens (tertiary/aromatic N) is 4. The molecule has 0 radical (unpaired) electrons. The summed E-state index contributed by atoms with van der Waals surface area (Å²) in [7, 11) is 0. The fourth-order valence-electron chi connectivity index (χ4n) is 1.28. The van der Waals surface area contributed by atoms with Crippen LogP contribution in [0.1, 0.15) is 11.4 Å². The number of hydrogen-bond donors (Lipinski definition) is 2. The lowest BCUT2D eigenvalue weighted by Gasteiger charge is -2.04. The van der Waals surface area contributed by atoms with Gasteiger partial charge in [-0.3, -0.25) is 0 Å². The van der Waals surface area contributed by atoms with Gasteiger partial charge >= 0.3 is 0 Å². The summed E-state index contributed by atoms with van der Waals surface area (Å²) in [4.78, 5) is 16.5. The van der Waals surface area contributed by atoms with Crippen LogP contribution < -0.4 is 11.5 Å². The van der Waals surface area contributed by atoms with E-state index in [-0.39, 0.29) is 0 Å². The summed E-state index contributed by atoms with van der Waals surface area (Å²) >= 11 is 0. The zero-order valence-corrected chi connectivity index (χ0v) is 8.88. The number of rotatable bonds is 2. The SMILES string of the molecule is Cc1nccc(-c2ncc(CN)c(N)n2)n1. The molecule has 0 amide bonds. The van der Waals surface area contributed by atoms with Crippen molar-refractivity contribution in [3.63, 3.8) is 0 Å².